The molecule has 6 nitrogen and oxygen atoms in total. The van der Waals surface area contributed by atoms with Crippen LogP contribution in [0.3, 0.4) is 0 Å². The Bertz CT molecular complexity index is 557. The van der Waals surface area contributed by atoms with E-state index in [0.29, 0.717) is 12.2 Å². The molecule has 2 aromatic rings. The van der Waals surface area contributed by atoms with E-state index >= 15 is 0 Å². The van der Waals surface area contributed by atoms with Crippen LogP contribution in [0.5, 0.6) is 0 Å². The summed E-state index contributed by atoms with van der Waals surface area (Å²) in [7, 11) is 0. The maximum atomic E-state index is 12.2. The number of nitrogens with zero attached hydrogens (tertiary/aromatic N) is 4. The lowest BCUT2D eigenvalue weighted by Crippen LogP contribution is -2.30. The minimum atomic E-state index is -0.115. The van der Waals surface area contributed by atoms with E-state index in [1.165, 1.54) is 0 Å². The Labute approximate surface area is 112 Å². The molecule has 0 bridgehead atoms. The molecular weight excluding hydrogens is 242 g/mol. The molecule has 1 unspecified atom stereocenters. The molecule has 6 heteroatoms. The minimum absolute atomic E-state index is 0.0878. The number of hydrogen-bond donors (Lipinski definition) is 1. The Hall–Kier alpha value is -2.11. The van der Waals surface area contributed by atoms with Crippen LogP contribution in [0.4, 0.5) is 0 Å². The van der Waals surface area contributed by atoms with Crippen LogP contribution >= 0.6 is 0 Å². The van der Waals surface area contributed by atoms with Gasteiger partial charge in [-0.25, -0.2) is 0 Å². The molecule has 0 saturated heterocycles. The SMILES string of the molecule is CCn1nccc1C(=O)NC(C)c1ccnn1CC. The lowest BCUT2D eigenvalue weighted by Gasteiger charge is -2.15. The summed E-state index contributed by atoms with van der Waals surface area (Å²) in [6.07, 6.45) is 3.39. The van der Waals surface area contributed by atoms with Gasteiger partial charge in [0, 0.05) is 25.5 Å². The highest BCUT2D eigenvalue weighted by atomic mass is 16.2. The molecule has 0 fully saturated rings. The van der Waals surface area contributed by atoms with E-state index in [4.69, 9.17) is 0 Å². The van der Waals surface area contributed by atoms with Crippen LogP contribution in [0.25, 0.3) is 0 Å². The summed E-state index contributed by atoms with van der Waals surface area (Å²) < 4.78 is 3.56. The number of aryl methyl sites for hydroxylation is 2. The zero-order chi connectivity index (χ0) is 13.8. The van der Waals surface area contributed by atoms with Crippen LogP contribution in [0.2, 0.25) is 0 Å². The fourth-order valence-electron chi connectivity index (χ4n) is 2.10. The van der Waals surface area contributed by atoms with E-state index < -0.39 is 0 Å². The minimum Gasteiger partial charge on any atom is -0.343 e. The summed E-state index contributed by atoms with van der Waals surface area (Å²) in [4.78, 5) is 12.2. The van der Waals surface area contributed by atoms with Crippen molar-refractivity contribution >= 4 is 5.91 Å². The second kappa shape index (κ2) is 5.69. The van der Waals surface area contributed by atoms with E-state index in [1.807, 2.05) is 31.5 Å². The molecule has 0 aromatic carbocycles. The van der Waals surface area contributed by atoms with Crippen molar-refractivity contribution in [2.75, 3.05) is 0 Å². The fourth-order valence-corrected chi connectivity index (χ4v) is 2.10. The van der Waals surface area contributed by atoms with E-state index in [9.17, 15) is 4.79 Å². The molecule has 19 heavy (non-hydrogen) atoms. The van der Waals surface area contributed by atoms with Crippen LogP contribution in [0.15, 0.2) is 24.5 Å². The smallest absolute Gasteiger partial charge is 0.270 e. The van der Waals surface area contributed by atoms with Crippen molar-refractivity contribution in [3.05, 3.63) is 35.9 Å². The Balaban J connectivity index is 2.11. The van der Waals surface area contributed by atoms with Crippen LogP contribution < -0.4 is 5.32 Å². The highest BCUT2D eigenvalue weighted by Crippen LogP contribution is 2.12. The molecule has 1 amide bonds. The maximum Gasteiger partial charge on any atom is 0.270 e. The number of carbonyl (C=O) groups is 1. The molecule has 2 aromatic heterocycles. The summed E-state index contributed by atoms with van der Waals surface area (Å²) >= 11 is 0. The average molecular weight is 261 g/mol. The third-order valence-electron chi connectivity index (χ3n) is 3.09. The van der Waals surface area contributed by atoms with Crippen molar-refractivity contribution < 1.29 is 4.79 Å². The van der Waals surface area contributed by atoms with E-state index in [1.54, 1.807) is 23.1 Å². The van der Waals surface area contributed by atoms with Gasteiger partial charge in [-0.1, -0.05) is 0 Å². The summed E-state index contributed by atoms with van der Waals surface area (Å²) in [6, 6.07) is 3.56. The van der Waals surface area contributed by atoms with E-state index in [2.05, 4.69) is 15.5 Å². The molecule has 1 N–H and O–H groups in total. The summed E-state index contributed by atoms with van der Waals surface area (Å²) in [6.45, 7) is 7.40. The molecule has 2 heterocycles. The van der Waals surface area contributed by atoms with Gasteiger partial charge in [-0.2, -0.15) is 10.2 Å². The van der Waals surface area contributed by atoms with Gasteiger partial charge in [0.2, 0.25) is 0 Å². The molecule has 0 aliphatic heterocycles. The number of amides is 1. The number of aromatic nitrogens is 4. The van der Waals surface area contributed by atoms with Crippen LogP contribution in [-0.2, 0) is 13.1 Å². The lowest BCUT2D eigenvalue weighted by molar-refractivity contribution is 0.0927. The molecule has 0 radical (unpaired) electrons. The summed E-state index contributed by atoms with van der Waals surface area (Å²) in [5.41, 5.74) is 1.58. The highest BCUT2D eigenvalue weighted by Gasteiger charge is 2.17. The number of hydrogen-bond acceptors (Lipinski definition) is 3. The molecule has 0 saturated carbocycles. The fraction of sp³-hybridized carbons (Fsp3) is 0.462. The zero-order valence-corrected chi connectivity index (χ0v) is 11.5. The first-order chi connectivity index (χ1) is 9.17. The second-order valence-electron chi connectivity index (χ2n) is 4.30. The standard InChI is InChI=1S/C13H19N5O/c1-4-17-11(6-8-14-17)10(3)16-13(19)12-7-9-15-18(12)5-2/h6-10H,4-5H2,1-3H3,(H,16,19). The van der Waals surface area contributed by atoms with Crippen LogP contribution in [0.1, 0.15) is 43.0 Å². The first-order valence-corrected chi connectivity index (χ1v) is 6.51. The van der Waals surface area contributed by atoms with Crippen molar-refractivity contribution in [2.24, 2.45) is 0 Å². The lowest BCUT2D eigenvalue weighted by atomic mass is 10.2. The van der Waals surface area contributed by atoms with Gasteiger partial charge in [0.15, 0.2) is 0 Å². The number of carbonyl (C=O) groups excluding carboxylic acids is 1. The maximum absolute atomic E-state index is 12.2. The van der Waals surface area contributed by atoms with Crippen molar-refractivity contribution in [2.45, 2.75) is 39.9 Å². The predicted octanol–water partition coefficient (Wildman–Crippen LogP) is 1.61. The van der Waals surface area contributed by atoms with Gasteiger partial charge in [-0.15, -0.1) is 0 Å². The van der Waals surface area contributed by atoms with Gasteiger partial charge in [-0.05, 0) is 32.9 Å². The van der Waals surface area contributed by atoms with Crippen LogP contribution in [-0.4, -0.2) is 25.5 Å². The monoisotopic (exact) mass is 261 g/mol. The number of nitrogens with one attached hydrogen (secondary N) is 1. The third kappa shape index (κ3) is 2.67. The Morgan fingerprint density at radius 1 is 1.21 bits per heavy atom. The predicted molar refractivity (Wildman–Crippen MR) is 71.7 cm³/mol. The quantitative estimate of drug-likeness (QED) is 0.889. The van der Waals surface area contributed by atoms with E-state index in [0.717, 1.165) is 12.2 Å². The largest absolute Gasteiger partial charge is 0.343 e. The molecular formula is C13H19N5O. The average Bonchev–Trinajstić information content (AvgIpc) is 3.06. The molecule has 0 spiro atoms. The first-order valence-electron chi connectivity index (χ1n) is 6.51. The molecule has 2 rings (SSSR count). The van der Waals surface area contributed by atoms with Crippen molar-refractivity contribution in [1.29, 1.82) is 0 Å². The van der Waals surface area contributed by atoms with E-state index in [-0.39, 0.29) is 11.9 Å². The first kappa shape index (κ1) is 13.3. The summed E-state index contributed by atoms with van der Waals surface area (Å²) in [5.74, 6) is -0.115. The van der Waals surface area contributed by atoms with Crippen molar-refractivity contribution in [3.8, 4) is 0 Å². The van der Waals surface area contributed by atoms with Gasteiger partial charge < -0.3 is 5.32 Å². The Morgan fingerprint density at radius 3 is 2.53 bits per heavy atom. The third-order valence-corrected chi connectivity index (χ3v) is 3.09. The van der Waals surface area contributed by atoms with Crippen LogP contribution in [0, 0.1) is 0 Å². The van der Waals surface area contributed by atoms with Gasteiger partial charge in [0.25, 0.3) is 5.91 Å². The second-order valence-corrected chi connectivity index (χ2v) is 4.30. The molecule has 1 atom stereocenters. The summed E-state index contributed by atoms with van der Waals surface area (Å²) in [5, 5.41) is 11.3. The van der Waals surface area contributed by atoms with Gasteiger partial charge in [0.05, 0.1) is 11.7 Å². The molecule has 0 aliphatic rings. The topological polar surface area (TPSA) is 64.7 Å². The zero-order valence-electron chi connectivity index (χ0n) is 11.5. The number of rotatable bonds is 5. The van der Waals surface area contributed by atoms with Gasteiger partial charge in [-0.3, -0.25) is 14.2 Å². The van der Waals surface area contributed by atoms with Crippen molar-refractivity contribution in [1.82, 2.24) is 24.9 Å². The van der Waals surface area contributed by atoms with Gasteiger partial charge >= 0.3 is 0 Å². The molecule has 0 aliphatic carbocycles. The van der Waals surface area contributed by atoms with Gasteiger partial charge in [0.1, 0.15) is 5.69 Å². The molecule has 102 valence electrons. The Kier molecular flexibility index (Phi) is 3.99. The normalized spacial score (nSPS) is 12.4. The van der Waals surface area contributed by atoms with Crippen molar-refractivity contribution in [3.63, 3.8) is 0 Å². The highest BCUT2D eigenvalue weighted by molar-refractivity contribution is 5.92. The Morgan fingerprint density at radius 2 is 1.84 bits per heavy atom.